The lowest BCUT2D eigenvalue weighted by Crippen LogP contribution is -2.01. The topological polar surface area (TPSA) is 35.5 Å². The number of hydrogen-bond donors (Lipinski definition) is 0. The average Bonchev–Trinajstić information content (AvgIpc) is 2.19. The van der Waals surface area contributed by atoms with Crippen molar-refractivity contribution < 1.29 is 14.3 Å². The predicted molar refractivity (Wildman–Crippen MR) is 58.7 cm³/mol. The van der Waals surface area contributed by atoms with Crippen molar-refractivity contribution in [1.29, 1.82) is 0 Å². The van der Waals surface area contributed by atoms with Gasteiger partial charge in [0, 0.05) is 6.42 Å². The second kappa shape index (κ2) is 4.82. The van der Waals surface area contributed by atoms with Crippen molar-refractivity contribution in [2.75, 3.05) is 14.2 Å². The maximum absolute atomic E-state index is 11.0. The molecule has 1 rings (SSSR count). The lowest BCUT2D eigenvalue weighted by atomic mass is 10.0. The van der Waals surface area contributed by atoms with Gasteiger partial charge in [-0.2, -0.15) is 0 Å². The minimum Gasteiger partial charge on any atom is -0.493 e. The quantitative estimate of drug-likeness (QED) is 0.760. The van der Waals surface area contributed by atoms with Crippen molar-refractivity contribution in [3.05, 3.63) is 23.3 Å². The van der Waals surface area contributed by atoms with E-state index in [1.807, 2.05) is 19.1 Å². The number of rotatable bonds is 4. The predicted octanol–water partition coefficient (Wildman–Crippen LogP) is 2.14. The average molecular weight is 208 g/mol. The number of aryl methyl sites for hydroxylation is 1. The molecule has 0 fully saturated rings. The van der Waals surface area contributed by atoms with Crippen LogP contribution in [0.1, 0.15) is 18.1 Å². The van der Waals surface area contributed by atoms with E-state index in [4.69, 9.17) is 9.47 Å². The number of carbonyl (C=O) groups is 1. The van der Waals surface area contributed by atoms with E-state index in [-0.39, 0.29) is 5.78 Å². The molecule has 15 heavy (non-hydrogen) atoms. The van der Waals surface area contributed by atoms with E-state index in [9.17, 15) is 4.79 Å². The minimum absolute atomic E-state index is 0.144. The van der Waals surface area contributed by atoms with E-state index in [0.717, 1.165) is 11.1 Å². The standard InChI is InChI=1S/C12H16O3/c1-8-5-11(14-3)12(15-4)7-10(8)6-9(2)13/h5,7H,6H2,1-4H3. The Kier molecular flexibility index (Phi) is 3.72. The van der Waals surface area contributed by atoms with E-state index in [0.29, 0.717) is 17.9 Å². The maximum Gasteiger partial charge on any atom is 0.161 e. The van der Waals surface area contributed by atoms with Crippen molar-refractivity contribution in [3.63, 3.8) is 0 Å². The highest BCUT2D eigenvalue weighted by molar-refractivity contribution is 5.78. The number of carbonyl (C=O) groups excluding carboxylic acids is 1. The first-order valence-electron chi connectivity index (χ1n) is 4.79. The monoisotopic (exact) mass is 208 g/mol. The van der Waals surface area contributed by atoms with Gasteiger partial charge < -0.3 is 9.47 Å². The lowest BCUT2D eigenvalue weighted by molar-refractivity contribution is -0.116. The zero-order valence-corrected chi connectivity index (χ0v) is 9.59. The highest BCUT2D eigenvalue weighted by Gasteiger charge is 2.09. The molecule has 0 radical (unpaired) electrons. The van der Waals surface area contributed by atoms with Crippen LogP contribution in [0.5, 0.6) is 11.5 Å². The van der Waals surface area contributed by atoms with Crippen LogP contribution in [0, 0.1) is 6.92 Å². The minimum atomic E-state index is 0.144. The number of Topliss-reactive ketones (excluding diaryl/α,β-unsaturated/α-hetero) is 1. The van der Waals surface area contributed by atoms with Crippen LogP contribution in [-0.2, 0) is 11.2 Å². The van der Waals surface area contributed by atoms with Gasteiger partial charge in [-0.25, -0.2) is 0 Å². The Morgan fingerprint density at radius 1 is 1.20 bits per heavy atom. The zero-order valence-electron chi connectivity index (χ0n) is 9.59. The summed E-state index contributed by atoms with van der Waals surface area (Å²) in [6.45, 7) is 3.54. The Morgan fingerprint density at radius 3 is 2.20 bits per heavy atom. The van der Waals surface area contributed by atoms with Gasteiger partial charge in [-0.1, -0.05) is 0 Å². The molecule has 0 aliphatic carbocycles. The molecule has 82 valence electrons. The molecule has 0 atom stereocenters. The Bertz CT molecular complexity index is 369. The van der Waals surface area contributed by atoms with Crippen LogP contribution in [0.2, 0.25) is 0 Å². The van der Waals surface area contributed by atoms with Crippen LogP contribution in [0.4, 0.5) is 0 Å². The fraction of sp³-hybridized carbons (Fsp3) is 0.417. The number of hydrogen-bond acceptors (Lipinski definition) is 3. The first-order valence-corrected chi connectivity index (χ1v) is 4.79. The molecule has 0 amide bonds. The zero-order chi connectivity index (χ0) is 11.4. The van der Waals surface area contributed by atoms with Crippen molar-refractivity contribution in [3.8, 4) is 11.5 Å². The molecular weight excluding hydrogens is 192 g/mol. The van der Waals surface area contributed by atoms with Crippen LogP contribution in [0.3, 0.4) is 0 Å². The van der Waals surface area contributed by atoms with Crippen LogP contribution in [0.15, 0.2) is 12.1 Å². The fourth-order valence-corrected chi connectivity index (χ4v) is 1.48. The number of ketones is 1. The van der Waals surface area contributed by atoms with E-state index in [1.54, 1.807) is 21.1 Å². The molecule has 0 aliphatic heterocycles. The number of benzene rings is 1. The third-order valence-electron chi connectivity index (χ3n) is 2.28. The molecule has 0 heterocycles. The summed E-state index contributed by atoms with van der Waals surface area (Å²) < 4.78 is 10.3. The van der Waals surface area contributed by atoms with Gasteiger partial charge in [-0.3, -0.25) is 4.79 Å². The Labute approximate surface area is 90.0 Å². The third kappa shape index (κ3) is 2.72. The summed E-state index contributed by atoms with van der Waals surface area (Å²) >= 11 is 0. The van der Waals surface area contributed by atoms with Crippen LogP contribution >= 0.6 is 0 Å². The van der Waals surface area contributed by atoms with Crippen molar-refractivity contribution in [2.45, 2.75) is 20.3 Å². The van der Waals surface area contributed by atoms with Crippen LogP contribution in [-0.4, -0.2) is 20.0 Å². The summed E-state index contributed by atoms with van der Waals surface area (Å²) in [5, 5.41) is 0. The molecule has 0 unspecified atom stereocenters. The highest BCUT2D eigenvalue weighted by atomic mass is 16.5. The number of ether oxygens (including phenoxy) is 2. The molecule has 0 saturated heterocycles. The van der Waals surface area contributed by atoms with E-state index in [1.165, 1.54) is 0 Å². The van der Waals surface area contributed by atoms with Crippen molar-refractivity contribution >= 4 is 5.78 Å². The van der Waals surface area contributed by atoms with Gasteiger partial charge in [-0.05, 0) is 37.1 Å². The van der Waals surface area contributed by atoms with Crippen LogP contribution < -0.4 is 9.47 Å². The van der Waals surface area contributed by atoms with E-state index >= 15 is 0 Å². The molecule has 3 nitrogen and oxygen atoms in total. The van der Waals surface area contributed by atoms with Gasteiger partial charge in [0.25, 0.3) is 0 Å². The molecule has 1 aromatic carbocycles. The summed E-state index contributed by atoms with van der Waals surface area (Å²) in [5.74, 6) is 1.51. The Morgan fingerprint density at radius 2 is 1.73 bits per heavy atom. The first kappa shape index (κ1) is 11.6. The first-order chi connectivity index (χ1) is 7.08. The molecule has 0 spiro atoms. The molecule has 0 bridgehead atoms. The van der Waals surface area contributed by atoms with Gasteiger partial charge in [0.15, 0.2) is 11.5 Å². The normalized spacial score (nSPS) is 9.87. The summed E-state index contributed by atoms with van der Waals surface area (Å²) in [4.78, 5) is 11.0. The highest BCUT2D eigenvalue weighted by Crippen LogP contribution is 2.30. The Balaban J connectivity index is 3.13. The summed E-state index contributed by atoms with van der Waals surface area (Å²) in [6.07, 6.45) is 0.437. The van der Waals surface area contributed by atoms with E-state index < -0.39 is 0 Å². The van der Waals surface area contributed by atoms with Gasteiger partial charge in [0.1, 0.15) is 5.78 Å². The van der Waals surface area contributed by atoms with Crippen molar-refractivity contribution in [2.24, 2.45) is 0 Å². The van der Waals surface area contributed by atoms with Crippen molar-refractivity contribution in [1.82, 2.24) is 0 Å². The Hall–Kier alpha value is -1.51. The van der Waals surface area contributed by atoms with Gasteiger partial charge >= 0.3 is 0 Å². The van der Waals surface area contributed by atoms with Gasteiger partial charge in [0.2, 0.25) is 0 Å². The molecule has 0 aliphatic rings. The smallest absolute Gasteiger partial charge is 0.161 e. The summed E-state index contributed by atoms with van der Waals surface area (Å²) in [5.41, 5.74) is 2.03. The summed E-state index contributed by atoms with van der Waals surface area (Å²) in [7, 11) is 3.19. The number of methoxy groups -OCH3 is 2. The largest absolute Gasteiger partial charge is 0.493 e. The molecule has 3 heteroatoms. The molecule has 0 saturated carbocycles. The van der Waals surface area contributed by atoms with Gasteiger partial charge in [0.05, 0.1) is 14.2 Å². The SMILES string of the molecule is COc1cc(C)c(CC(C)=O)cc1OC. The van der Waals surface area contributed by atoms with E-state index in [2.05, 4.69) is 0 Å². The second-order valence-corrected chi connectivity index (χ2v) is 3.51. The molecule has 0 aromatic heterocycles. The lowest BCUT2D eigenvalue weighted by Gasteiger charge is -2.11. The molecule has 0 N–H and O–H groups in total. The van der Waals surface area contributed by atoms with Crippen LogP contribution in [0.25, 0.3) is 0 Å². The third-order valence-corrected chi connectivity index (χ3v) is 2.28. The maximum atomic E-state index is 11.0. The summed E-state index contributed by atoms with van der Waals surface area (Å²) in [6, 6.07) is 3.74. The van der Waals surface area contributed by atoms with Gasteiger partial charge in [-0.15, -0.1) is 0 Å². The molecule has 1 aromatic rings. The molecular formula is C12H16O3. The fourth-order valence-electron chi connectivity index (χ4n) is 1.48. The second-order valence-electron chi connectivity index (χ2n) is 3.51.